The number of fused-ring (bicyclic) bond motifs is 1. The van der Waals surface area contributed by atoms with Gasteiger partial charge in [-0.05, 0) is 18.6 Å². The first-order valence-corrected chi connectivity index (χ1v) is 8.21. The van der Waals surface area contributed by atoms with Crippen LogP contribution < -0.4 is 0 Å². The van der Waals surface area contributed by atoms with Gasteiger partial charge in [0.1, 0.15) is 0 Å². The van der Waals surface area contributed by atoms with Crippen LogP contribution in [0.4, 0.5) is 0 Å². The number of aromatic nitrogens is 3. The molecule has 0 N–H and O–H groups in total. The second kappa shape index (κ2) is 6.03. The van der Waals surface area contributed by atoms with Crippen molar-refractivity contribution in [2.24, 2.45) is 5.41 Å². The monoisotopic (exact) mass is 356 g/mol. The zero-order valence-electron chi connectivity index (χ0n) is 14.0. The van der Waals surface area contributed by atoms with Crippen LogP contribution >= 0.6 is 0 Å². The maximum atomic E-state index is 12.3. The topological polar surface area (TPSA) is 104 Å². The molecule has 0 saturated carbocycles. The Bertz CT molecular complexity index is 862. The lowest BCUT2D eigenvalue weighted by atomic mass is 9.83. The van der Waals surface area contributed by atoms with Crippen molar-refractivity contribution in [1.82, 2.24) is 20.1 Å². The number of hydrogen-bond donors (Lipinski definition) is 0. The van der Waals surface area contributed by atoms with E-state index in [2.05, 4.69) is 17.2 Å². The highest BCUT2D eigenvalue weighted by Crippen LogP contribution is 2.32. The SMILES string of the molecule is CCC1(Cn2cc(C(=O)ON3C(=O)c4ccccc4C3=O)nn2)COC1. The summed E-state index contributed by atoms with van der Waals surface area (Å²) in [6, 6.07) is 6.28. The summed E-state index contributed by atoms with van der Waals surface area (Å²) >= 11 is 0. The lowest BCUT2D eigenvalue weighted by molar-refractivity contribution is -0.125. The average Bonchev–Trinajstić information content (AvgIpc) is 3.18. The van der Waals surface area contributed by atoms with E-state index < -0.39 is 17.8 Å². The molecule has 0 bridgehead atoms. The van der Waals surface area contributed by atoms with Gasteiger partial charge in [0.05, 0.1) is 37.1 Å². The van der Waals surface area contributed by atoms with Crippen molar-refractivity contribution in [1.29, 1.82) is 0 Å². The Morgan fingerprint density at radius 2 is 1.88 bits per heavy atom. The van der Waals surface area contributed by atoms with Gasteiger partial charge in [0.15, 0.2) is 5.69 Å². The molecule has 0 atom stereocenters. The van der Waals surface area contributed by atoms with Crippen LogP contribution in [0.1, 0.15) is 44.5 Å². The number of benzene rings is 1. The number of ether oxygens (including phenoxy) is 1. The number of amides is 2. The minimum atomic E-state index is -0.916. The Morgan fingerprint density at radius 3 is 2.42 bits per heavy atom. The molecular weight excluding hydrogens is 340 g/mol. The van der Waals surface area contributed by atoms with Gasteiger partial charge in [0.25, 0.3) is 11.8 Å². The Kier molecular flexibility index (Phi) is 3.80. The van der Waals surface area contributed by atoms with E-state index in [1.807, 2.05) is 0 Å². The van der Waals surface area contributed by atoms with Crippen molar-refractivity contribution in [2.45, 2.75) is 19.9 Å². The first-order valence-electron chi connectivity index (χ1n) is 8.21. The van der Waals surface area contributed by atoms with Crippen molar-refractivity contribution in [3.63, 3.8) is 0 Å². The van der Waals surface area contributed by atoms with Crippen molar-refractivity contribution >= 4 is 17.8 Å². The van der Waals surface area contributed by atoms with Crippen molar-refractivity contribution in [2.75, 3.05) is 13.2 Å². The molecule has 26 heavy (non-hydrogen) atoms. The number of imide groups is 1. The molecule has 2 aliphatic rings. The Labute approximate surface area is 148 Å². The molecule has 4 rings (SSSR count). The number of hydrogen-bond acceptors (Lipinski definition) is 7. The lowest BCUT2D eigenvalue weighted by Gasteiger charge is -2.40. The molecule has 0 unspecified atom stereocenters. The normalized spacial score (nSPS) is 17.8. The van der Waals surface area contributed by atoms with Crippen LogP contribution in [0.3, 0.4) is 0 Å². The van der Waals surface area contributed by atoms with Gasteiger partial charge in [-0.15, -0.1) is 5.10 Å². The highest BCUT2D eigenvalue weighted by Gasteiger charge is 2.40. The average molecular weight is 356 g/mol. The largest absolute Gasteiger partial charge is 0.385 e. The van der Waals surface area contributed by atoms with E-state index in [0.29, 0.717) is 24.8 Å². The molecule has 1 fully saturated rings. The Morgan fingerprint density at radius 1 is 1.23 bits per heavy atom. The van der Waals surface area contributed by atoms with Crippen LogP contribution in [0.5, 0.6) is 0 Å². The molecule has 2 aliphatic heterocycles. The van der Waals surface area contributed by atoms with E-state index in [9.17, 15) is 14.4 Å². The Balaban J connectivity index is 1.46. The highest BCUT2D eigenvalue weighted by molar-refractivity contribution is 6.21. The van der Waals surface area contributed by atoms with Gasteiger partial charge >= 0.3 is 5.97 Å². The molecule has 1 aromatic heterocycles. The Hall–Kier alpha value is -3.07. The minimum Gasteiger partial charge on any atom is -0.380 e. The molecule has 134 valence electrons. The summed E-state index contributed by atoms with van der Waals surface area (Å²) in [5.74, 6) is -2.27. The molecular formula is C17H16N4O5. The maximum Gasteiger partial charge on any atom is 0.385 e. The first kappa shape index (κ1) is 16.4. The third kappa shape index (κ3) is 2.57. The molecule has 2 aromatic rings. The molecule has 0 aliphatic carbocycles. The van der Waals surface area contributed by atoms with Gasteiger partial charge in [0, 0.05) is 5.41 Å². The lowest BCUT2D eigenvalue weighted by Crippen LogP contribution is -2.45. The molecule has 1 saturated heterocycles. The first-order chi connectivity index (χ1) is 12.5. The fraction of sp³-hybridized carbons (Fsp3) is 0.353. The molecule has 2 amide bonds. The smallest absolute Gasteiger partial charge is 0.380 e. The third-order valence-corrected chi connectivity index (χ3v) is 4.74. The van der Waals surface area contributed by atoms with Gasteiger partial charge < -0.3 is 9.57 Å². The van der Waals surface area contributed by atoms with Gasteiger partial charge in [-0.2, -0.15) is 0 Å². The maximum absolute atomic E-state index is 12.3. The molecule has 0 radical (unpaired) electrons. The standard InChI is InChI=1S/C17H16N4O5/c1-2-17(9-25-10-17)8-20-7-13(18-19-20)16(24)26-21-14(22)11-5-3-4-6-12(11)15(21)23/h3-7H,2,8-10H2,1H3. The second-order valence-corrected chi connectivity index (χ2v) is 6.48. The van der Waals surface area contributed by atoms with E-state index in [4.69, 9.17) is 9.57 Å². The molecule has 3 heterocycles. The van der Waals surface area contributed by atoms with Crippen LogP contribution in [-0.2, 0) is 16.1 Å². The quantitative estimate of drug-likeness (QED) is 0.738. The van der Waals surface area contributed by atoms with Crippen LogP contribution in [0.15, 0.2) is 30.5 Å². The molecule has 1 aromatic carbocycles. The van der Waals surface area contributed by atoms with E-state index in [-0.39, 0.29) is 22.2 Å². The summed E-state index contributed by atoms with van der Waals surface area (Å²) in [4.78, 5) is 41.7. The summed E-state index contributed by atoms with van der Waals surface area (Å²) in [6.07, 6.45) is 2.36. The number of nitrogens with zero attached hydrogens (tertiary/aromatic N) is 4. The van der Waals surface area contributed by atoms with E-state index in [1.54, 1.807) is 16.8 Å². The van der Waals surface area contributed by atoms with Crippen LogP contribution in [0, 0.1) is 5.41 Å². The summed E-state index contributed by atoms with van der Waals surface area (Å²) in [5.41, 5.74) is 0.318. The highest BCUT2D eigenvalue weighted by atomic mass is 16.7. The number of hydroxylamine groups is 2. The van der Waals surface area contributed by atoms with Gasteiger partial charge in [-0.1, -0.05) is 29.3 Å². The van der Waals surface area contributed by atoms with E-state index in [1.165, 1.54) is 18.3 Å². The number of carbonyl (C=O) groups excluding carboxylic acids is 3. The fourth-order valence-electron chi connectivity index (χ4n) is 2.99. The molecule has 9 heteroatoms. The zero-order valence-corrected chi connectivity index (χ0v) is 14.0. The van der Waals surface area contributed by atoms with Crippen LogP contribution in [-0.4, -0.2) is 51.1 Å². The minimum absolute atomic E-state index is 0.00258. The van der Waals surface area contributed by atoms with E-state index >= 15 is 0 Å². The van der Waals surface area contributed by atoms with Crippen molar-refractivity contribution in [3.05, 3.63) is 47.3 Å². The predicted octanol–water partition coefficient (Wildman–Crippen LogP) is 1.07. The number of carbonyl (C=O) groups is 3. The summed E-state index contributed by atoms with van der Waals surface area (Å²) in [6.45, 7) is 3.91. The van der Waals surface area contributed by atoms with Gasteiger partial charge in [-0.3, -0.25) is 14.3 Å². The van der Waals surface area contributed by atoms with Gasteiger partial charge in [-0.25, -0.2) is 4.79 Å². The van der Waals surface area contributed by atoms with Crippen molar-refractivity contribution in [3.8, 4) is 0 Å². The van der Waals surface area contributed by atoms with E-state index in [0.717, 1.165) is 6.42 Å². The number of rotatable bonds is 5. The van der Waals surface area contributed by atoms with Crippen LogP contribution in [0.25, 0.3) is 0 Å². The van der Waals surface area contributed by atoms with Crippen LogP contribution in [0.2, 0.25) is 0 Å². The fourth-order valence-corrected chi connectivity index (χ4v) is 2.99. The van der Waals surface area contributed by atoms with Crippen molar-refractivity contribution < 1.29 is 24.0 Å². The zero-order chi connectivity index (χ0) is 18.3. The predicted molar refractivity (Wildman–Crippen MR) is 85.9 cm³/mol. The molecule has 9 nitrogen and oxygen atoms in total. The molecule has 0 spiro atoms. The summed E-state index contributed by atoms with van der Waals surface area (Å²) < 4.78 is 6.81. The summed E-state index contributed by atoms with van der Waals surface area (Å²) in [7, 11) is 0. The summed E-state index contributed by atoms with van der Waals surface area (Å²) in [5, 5.41) is 8.17. The van der Waals surface area contributed by atoms with Gasteiger partial charge in [0.2, 0.25) is 0 Å². The third-order valence-electron chi connectivity index (χ3n) is 4.74. The second-order valence-electron chi connectivity index (χ2n) is 6.48.